The number of benzene rings is 2. The number of nitrogens with one attached hydrogen (secondary N) is 1. The van der Waals surface area contributed by atoms with Crippen molar-refractivity contribution in [3.63, 3.8) is 0 Å². The minimum absolute atomic E-state index is 0.0809. The lowest BCUT2D eigenvalue weighted by Crippen LogP contribution is -2.35. The molecule has 0 bridgehead atoms. The highest BCUT2D eigenvalue weighted by Crippen LogP contribution is 2.27. The fourth-order valence-electron chi connectivity index (χ4n) is 4.96. The van der Waals surface area contributed by atoms with Crippen molar-refractivity contribution in [3.8, 4) is 5.75 Å². The molecule has 7 nitrogen and oxygen atoms in total. The molecule has 0 aliphatic carbocycles. The lowest BCUT2D eigenvalue weighted by atomic mass is 10.00. The first-order valence-corrected chi connectivity index (χ1v) is 13.7. The van der Waals surface area contributed by atoms with Crippen LogP contribution in [0.4, 0.5) is 0 Å². The van der Waals surface area contributed by atoms with Gasteiger partial charge in [0.05, 0.1) is 11.4 Å². The largest absolute Gasteiger partial charge is 0.593 e. The third-order valence-electron chi connectivity index (χ3n) is 6.87. The smallest absolute Gasteiger partial charge is 0.257 e. The van der Waals surface area contributed by atoms with Crippen LogP contribution in [0.1, 0.15) is 24.0 Å². The number of carbonyl (C=O) groups excluding carboxylic acids is 1. The van der Waals surface area contributed by atoms with E-state index >= 15 is 0 Å². The topological polar surface area (TPSA) is 71.1 Å². The van der Waals surface area contributed by atoms with Gasteiger partial charge in [-0.15, -0.1) is 4.31 Å². The molecule has 2 atom stereocenters. The summed E-state index contributed by atoms with van der Waals surface area (Å²) in [5.41, 5.74) is 2.86. The molecule has 0 radical (unpaired) electrons. The highest BCUT2D eigenvalue weighted by atomic mass is 32.2. The molecule has 2 unspecified atom stereocenters. The molecular formula is C27H38N4O3S. The van der Waals surface area contributed by atoms with Crippen molar-refractivity contribution in [1.82, 2.24) is 19.4 Å². The Kier molecular flexibility index (Phi) is 9.45. The predicted octanol–water partition coefficient (Wildman–Crippen LogP) is 2.54. The molecule has 2 aliphatic rings. The summed E-state index contributed by atoms with van der Waals surface area (Å²) in [5, 5.41) is 2.95. The Balaban J connectivity index is 1.18. The molecule has 4 rings (SSSR count). The van der Waals surface area contributed by atoms with Crippen LogP contribution in [0.5, 0.6) is 5.75 Å². The average molecular weight is 499 g/mol. The summed E-state index contributed by atoms with van der Waals surface area (Å²) in [6.07, 6.45) is 3.11. The van der Waals surface area contributed by atoms with Gasteiger partial charge in [0.2, 0.25) is 4.90 Å². The summed E-state index contributed by atoms with van der Waals surface area (Å²) >= 11 is -1.33. The summed E-state index contributed by atoms with van der Waals surface area (Å²) < 4.78 is 20.8. The maximum absolute atomic E-state index is 13.2. The van der Waals surface area contributed by atoms with Crippen molar-refractivity contribution in [3.05, 3.63) is 59.7 Å². The second kappa shape index (κ2) is 12.7. The number of nitrogens with zero attached hydrogens (tertiary/aromatic N) is 3. The third kappa shape index (κ3) is 7.44. The molecule has 2 aromatic carbocycles. The van der Waals surface area contributed by atoms with E-state index < -0.39 is 11.4 Å². The van der Waals surface area contributed by atoms with Crippen LogP contribution in [0.3, 0.4) is 0 Å². The zero-order valence-electron chi connectivity index (χ0n) is 20.9. The summed E-state index contributed by atoms with van der Waals surface area (Å²) in [7, 11) is 4.01. The minimum Gasteiger partial charge on any atom is -0.593 e. The molecule has 2 aliphatic heterocycles. The highest BCUT2D eigenvalue weighted by molar-refractivity contribution is 7.89. The number of hydrogen-bond donors (Lipinski definition) is 1. The van der Waals surface area contributed by atoms with E-state index in [0.717, 1.165) is 58.5 Å². The Morgan fingerprint density at radius 1 is 1.17 bits per heavy atom. The average Bonchev–Trinajstić information content (AvgIpc) is 3.29. The molecule has 0 spiro atoms. The highest BCUT2D eigenvalue weighted by Gasteiger charge is 2.28. The number of likely N-dealkylation sites (tertiary alicyclic amines) is 1. The van der Waals surface area contributed by atoms with Gasteiger partial charge >= 0.3 is 0 Å². The fourth-order valence-corrected chi connectivity index (χ4v) is 6.13. The molecule has 1 saturated heterocycles. The quantitative estimate of drug-likeness (QED) is 0.379. The predicted molar refractivity (Wildman–Crippen MR) is 140 cm³/mol. The van der Waals surface area contributed by atoms with Crippen LogP contribution < -0.4 is 10.1 Å². The molecule has 2 aromatic rings. The van der Waals surface area contributed by atoms with Gasteiger partial charge in [-0.3, -0.25) is 9.69 Å². The van der Waals surface area contributed by atoms with Crippen LogP contribution >= 0.6 is 0 Å². The maximum atomic E-state index is 13.2. The van der Waals surface area contributed by atoms with Crippen LogP contribution in [0, 0.1) is 5.92 Å². The molecule has 35 heavy (non-hydrogen) atoms. The third-order valence-corrected chi connectivity index (χ3v) is 8.30. The Bertz CT molecular complexity index is 975. The summed E-state index contributed by atoms with van der Waals surface area (Å²) in [6.45, 7) is 6.43. The minimum atomic E-state index is -1.33. The first kappa shape index (κ1) is 26.0. The first-order chi connectivity index (χ1) is 17.0. The summed E-state index contributed by atoms with van der Waals surface area (Å²) in [5.74, 6) is 0.868. The summed E-state index contributed by atoms with van der Waals surface area (Å²) in [4.78, 5) is 17.7. The second-order valence-corrected chi connectivity index (χ2v) is 11.3. The first-order valence-electron chi connectivity index (χ1n) is 12.6. The van der Waals surface area contributed by atoms with E-state index in [4.69, 9.17) is 4.74 Å². The molecular weight excluding hydrogens is 460 g/mol. The van der Waals surface area contributed by atoms with Crippen molar-refractivity contribution < 1.29 is 14.1 Å². The van der Waals surface area contributed by atoms with Gasteiger partial charge in [-0.1, -0.05) is 36.4 Å². The van der Waals surface area contributed by atoms with Crippen LogP contribution in [0.15, 0.2) is 53.4 Å². The van der Waals surface area contributed by atoms with Crippen molar-refractivity contribution in [2.75, 3.05) is 60.0 Å². The number of para-hydroxylation sites is 1. The number of hydrogen-bond acceptors (Lipinski definition) is 6. The van der Waals surface area contributed by atoms with E-state index in [1.54, 1.807) is 6.07 Å². The van der Waals surface area contributed by atoms with Gasteiger partial charge in [0, 0.05) is 46.3 Å². The van der Waals surface area contributed by atoms with Gasteiger partial charge in [-0.2, -0.15) is 0 Å². The van der Waals surface area contributed by atoms with Gasteiger partial charge in [0.15, 0.2) is 12.4 Å². The molecule has 2 heterocycles. The maximum Gasteiger partial charge on any atom is 0.257 e. The molecule has 0 aromatic heterocycles. The molecule has 0 saturated carbocycles. The fraction of sp³-hybridized carbons (Fsp3) is 0.519. The molecule has 190 valence electrons. The number of fused-ring (bicyclic) bond motifs is 1. The van der Waals surface area contributed by atoms with Crippen molar-refractivity contribution in [2.45, 2.75) is 30.7 Å². The van der Waals surface area contributed by atoms with Crippen LogP contribution in [-0.2, 0) is 29.1 Å². The second-order valence-electron chi connectivity index (χ2n) is 9.71. The zero-order valence-corrected chi connectivity index (χ0v) is 21.8. The molecule has 1 N–H and O–H groups in total. The van der Waals surface area contributed by atoms with E-state index in [1.165, 1.54) is 11.1 Å². The van der Waals surface area contributed by atoms with E-state index in [1.807, 2.05) is 29.6 Å². The lowest BCUT2D eigenvalue weighted by Gasteiger charge is -2.28. The van der Waals surface area contributed by atoms with Crippen LogP contribution in [0.25, 0.3) is 0 Å². The number of amides is 1. The Morgan fingerprint density at radius 3 is 2.74 bits per heavy atom. The zero-order chi connectivity index (χ0) is 24.6. The van der Waals surface area contributed by atoms with Crippen LogP contribution in [-0.4, -0.2) is 84.5 Å². The van der Waals surface area contributed by atoms with E-state index in [-0.39, 0.29) is 12.5 Å². The van der Waals surface area contributed by atoms with Gasteiger partial charge in [0.25, 0.3) is 5.91 Å². The van der Waals surface area contributed by atoms with Gasteiger partial charge in [-0.25, -0.2) is 0 Å². The van der Waals surface area contributed by atoms with Gasteiger partial charge < -0.3 is 19.5 Å². The number of ether oxygens (including phenoxy) is 1. The molecule has 1 fully saturated rings. The Morgan fingerprint density at radius 2 is 1.94 bits per heavy atom. The molecule has 1 amide bonds. The van der Waals surface area contributed by atoms with Crippen molar-refractivity contribution >= 4 is 17.3 Å². The van der Waals surface area contributed by atoms with Crippen LogP contribution in [0.2, 0.25) is 0 Å². The molecule has 8 heteroatoms. The standard InChI is InChI=1S/C27H38N4O3S/c1-29-16-12-22(18-29)19-30(2)35(33)26-11-6-5-10-25(26)34-21-27(32)28-14-7-15-31-17-13-23-8-3-4-9-24(23)20-31/h3-6,8-11,22H,7,12-21H2,1-2H3,(H,28,32). The Labute approximate surface area is 212 Å². The number of rotatable bonds is 11. The Hall–Kier alpha value is -2.10. The van der Waals surface area contributed by atoms with Crippen molar-refractivity contribution in [1.29, 1.82) is 0 Å². The lowest BCUT2D eigenvalue weighted by molar-refractivity contribution is -0.123. The van der Waals surface area contributed by atoms with Gasteiger partial charge in [-0.05, 0) is 62.0 Å². The van der Waals surface area contributed by atoms with Gasteiger partial charge in [0.1, 0.15) is 0 Å². The SMILES string of the molecule is CN1CCC(CN(C)[S+]([O-])c2ccccc2OCC(=O)NCCCN2CCc3ccccc3C2)C1. The summed E-state index contributed by atoms with van der Waals surface area (Å²) in [6, 6.07) is 15.9. The monoisotopic (exact) mass is 498 g/mol. The normalized spacial score (nSPS) is 19.5. The van der Waals surface area contributed by atoms with Crippen molar-refractivity contribution in [2.24, 2.45) is 5.92 Å². The number of carbonyl (C=O) groups is 1. The van der Waals surface area contributed by atoms with E-state index in [2.05, 4.69) is 46.4 Å². The van der Waals surface area contributed by atoms with E-state index in [0.29, 0.717) is 23.1 Å². The van der Waals surface area contributed by atoms with E-state index in [9.17, 15) is 9.35 Å².